The van der Waals surface area contributed by atoms with Crippen LogP contribution < -0.4 is 10.9 Å². The zero-order chi connectivity index (χ0) is 16.9. The summed E-state index contributed by atoms with van der Waals surface area (Å²) in [4.78, 5) is 26.6. The third-order valence-corrected chi connectivity index (χ3v) is 4.05. The van der Waals surface area contributed by atoms with Crippen LogP contribution in [0.25, 0.3) is 11.3 Å². The average molecular weight is 365 g/mol. The molecular weight excluding hydrogens is 344 g/mol. The van der Waals surface area contributed by atoms with Gasteiger partial charge in [0.2, 0.25) is 0 Å². The van der Waals surface area contributed by atoms with Crippen molar-refractivity contribution < 1.29 is 9.53 Å². The van der Waals surface area contributed by atoms with E-state index in [-0.39, 0.29) is 24.1 Å². The normalized spacial score (nSPS) is 15.9. The van der Waals surface area contributed by atoms with E-state index in [1.165, 1.54) is 6.07 Å². The Morgan fingerprint density at radius 2 is 1.96 bits per heavy atom. The van der Waals surface area contributed by atoms with Crippen LogP contribution in [0.2, 0.25) is 0 Å². The summed E-state index contributed by atoms with van der Waals surface area (Å²) < 4.78 is 5.31. The minimum absolute atomic E-state index is 0. The Balaban J connectivity index is 0.00000225. The fourth-order valence-electron chi connectivity index (χ4n) is 2.65. The lowest BCUT2D eigenvalue weighted by molar-refractivity contribution is 0.0133. The van der Waals surface area contributed by atoms with Crippen LogP contribution in [0.3, 0.4) is 0 Å². The van der Waals surface area contributed by atoms with E-state index in [1.54, 1.807) is 0 Å². The molecule has 0 aliphatic carbocycles. The summed E-state index contributed by atoms with van der Waals surface area (Å²) >= 11 is 0. The molecule has 2 heterocycles. The van der Waals surface area contributed by atoms with E-state index in [2.05, 4.69) is 20.4 Å². The summed E-state index contributed by atoms with van der Waals surface area (Å²) in [7, 11) is 0. The number of carbonyl (C=O) groups excluding carboxylic acids is 1. The first-order valence-electron chi connectivity index (χ1n) is 7.93. The molecule has 1 aromatic heterocycles. The highest BCUT2D eigenvalue weighted by Gasteiger charge is 2.21. The zero-order valence-electron chi connectivity index (χ0n) is 13.9. The second kappa shape index (κ2) is 8.75. The molecule has 1 saturated heterocycles. The summed E-state index contributed by atoms with van der Waals surface area (Å²) in [5, 5.41) is 9.29. The minimum atomic E-state index is -0.499. The predicted molar refractivity (Wildman–Crippen MR) is 96.9 cm³/mol. The van der Waals surface area contributed by atoms with Crippen molar-refractivity contribution in [1.82, 2.24) is 20.4 Å². The second-order valence-electron chi connectivity index (χ2n) is 5.66. The number of ether oxygens (including phenoxy) is 1. The van der Waals surface area contributed by atoms with E-state index in [4.69, 9.17) is 4.74 Å². The number of rotatable bonds is 4. The molecule has 7 nitrogen and oxygen atoms in total. The summed E-state index contributed by atoms with van der Waals surface area (Å²) in [5.41, 5.74) is 0.953. The summed E-state index contributed by atoms with van der Waals surface area (Å²) in [6.07, 6.45) is -0.172. The molecule has 134 valence electrons. The average Bonchev–Trinajstić information content (AvgIpc) is 2.63. The smallest absolute Gasteiger partial charge is 0.277 e. The highest BCUT2D eigenvalue weighted by atomic mass is 35.5. The fraction of sp³-hybridized carbons (Fsp3) is 0.353. The highest BCUT2D eigenvalue weighted by Crippen LogP contribution is 2.15. The largest absolute Gasteiger partial charge is 0.379 e. The van der Waals surface area contributed by atoms with E-state index in [9.17, 15) is 9.59 Å². The van der Waals surface area contributed by atoms with Crippen LogP contribution in [0.5, 0.6) is 0 Å². The molecule has 1 aliphatic heterocycles. The molecule has 1 amide bonds. The molecule has 0 bridgehead atoms. The van der Waals surface area contributed by atoms with Crippen LogP contribution in [-0.4, -0.2) is 53.5 Å². The molecular formula is C17H21ClN4O3. The maximum Gasteiger partial charge on any atom is 0.277 e. The van der Waals surface area contributed by atoms with E-state index in [0.717, 1.165) is 18.7 Å². The number of hydrogen-bond acceptors (Lipinski definition) is 5. The molecule has 0 saturated carbocycles. The van der Waals surface area contributed by atoms with E-state index in [0.29, 0.717) is 18.9 Å². The third kappa shape index (κ3) is 4.66. The van der Waals surface area contributed by atoms with Gasteiger partial charge in [0.1, 0.15) is 5.56 Å². The maximum atomic E-state index is 12.5. The van der Waals surface area contributed by atoms with Gasteiger partial charge in [-0.25, -0.2) is 5.10 Å². The number of H-pyrrole nitrogens is 1. The van der Waals surface area contributed by atoms with Gasteiger partial charge in [-0.15, -0.1) is 12.4 Å². The van der Waals surface area contributed by atoms with Gasteiger partial charge in [-0.05, 0) is 13.0 Å². The van der Waals surface area contributed by atoms with Gasteiger partial charge < -0.3 is 10.1 Å². The molecule has 1 unspecified atom stereocenters. The number of nitrogens with one attached hydrogen (secondary N) is 2. The van der Waals surface area contributed by atoms with Gasteiger partial charge in [0.25, 0.3) is 11.5 Å². The number of halogens is 1. The summed E-state index contributed by atoms with van der Waals surface area (Å²) in [6, 6.07) is 10.9. The molecule has 1 aromatic carbocycles. The highest BCUT2D eigenvalue weighted by molar-refractivity contribution is 5.94. The molecule has 25 heavy (non-hydrogen) atoms. The van der Waals surface area contributed by atoms with Crippen molar-refractivity contribution in [2.24, 2.45) is 0 Å². The van der Waals surface area contributed by atoms with Gasteiger partial charge in [-0.1, -0.05) is 30.3 Å². The fourth-order valence-corrected chi connectivity index (χ4v) is 2.65. The quantitative estimate of drug-likeness (QED) is 0.853. The van der Waals surface area contributed by atoms with Crippen molar-refractivity contribution in [1.29, 1.82) is 0 Å². The van der Waals surface area contributed by atoms with E-state index in [1.807, 2.05) is 37.3 Å². The number of benzene rings is 1. The van der Waals surface area contributed by atoms with Crippen molar-refractivity contribution in [3.8, 4) is 11.3 Å². The van der Waals surface area contributed by atoms with Gasteiger partial charge in [0.15, 0.2) is 0 Å². The Hall–Kier alpha value is -2.22. The Morgan fingerprint density at radius 1 is 1.28 bits per heavy atom. The number of hydrogen-bond donors (Lipinski definition) is 2. The van der Waals surface area contributed by atoms with Gasteiger partial charge in [-0.3, -0.25) is 14.5 Å². The first kappa shape index (κ1) is 19.1. The maximum absolute atomic E-state index is 12.5. The summed E-state index contributed by atoms with van der Waals surface area (Å²) in [5.74, 6) is -0.408. The first-order chi connectivity index (χ1) is 11.6. The van der Waals surface area contributed by atoms with Gasteiger partial charge in [0, 0.05) is 18.7 Å². The summed E-state index contributed by atoms with van der Waals surface area (Å²) in [6.45, 7) is 4.70. The SMILES string of the molecule is CC(NC(=O)c1cc(-c2ccccc2)n[nH]c1=O)N1CCOCC1.Cl. The van der Waals surface area contributed by atoms with Crippen LogP contribution in [0.4, 0.5) is 0 Å². The standard InChI is InChI=1S/C17H20N4O3.ClH/c1-12(21-7-9-24-10-8-21)18-16(22)14-11-15(19-20-17(14)23)13-5-3-2-4-6-13;/h2-6,11-12H,7-10H2,1H3,(H,18,22)(H,20,23);1H. The molecule has 2 aromatic rings. The zero-order valence-corrected chi connectivity index (χ0v) is 14.7. The van der Waals surface area contributed by atoms with Crippen LogP contribution >= 0.6 is 12.4 Å². The Morgan fingerprint density at radius 3 is 2.64 bits per heavy atom. The third-order valence-electron chi connectivity index (χ3n) is 4.05. The topological polar surface area (TPSA) is 87.3 Å². The molecule has 0 radical (unpaired) electrons. The van der Waals surface area contributed by atoms with Gasteiger partial charge >= 0.3 is 0 Å². The van der Waals surface area contributed by atoms with Gasteiger partial charge in [0.05, 0.1) is 25.1 Å². The Labute approximate surface area is 151 Å². The lowest BCUT2D eigenvalue weighted by Crippen LogP contribution is -2.51. The predicted octanol–water partition coefficient (Wildman–Crippen LogP) is 1.27. The van der Waals surface area contributed by atoms with Crippen LogP contribution in [-0.2, 0) is 4.74 Å². The minimum Gasteiger partial charge on any atom is -0.379 e. The van der Waals surface area contributed by atoms with Crippen molar-refractivity contribution >= 4 is 18.3 Å². The van der Waals surface area contributed by atoms with Crippen molar-refractivity contribution in [3.05, 3.63) is 52.3 Å². The first-order valence-corrected chi connectivity index (χ1v) is 7.93. The number of aromatic amines is 1. The molecule has 0 spiro atoms. The number of carbonyl (C=O) groups is 1. The van der Waals surface area contributed by atoms with Crippen LogP contribution in [0.1, 0.15) is 17.3 Å². The van der Waals surface area contributed by atoms with Crippen LogP contribution in [0, 0.1) is 0 Å². The lowest BCUT2D eigenvalue weighted by Gasteiger charge is -2.32. The number of amides is 1. The molecule has 3 rings (SSSR count). The molecule has 8 heteroatoms. The lowest BCUT2D eigenvalue weighted by atomic mass is 10.1. The number of aromatic nitrogens is 2. The molecule has 1 fully saturated rings. The molecule has 2 N–H and O–H groups in total. The Bertz CT molecular complexity index is 760. The van der Waals surface area contributed by atoms with Crippen LogP contribution in [0.15, 0.2) is 41.2 Å². The second-order valence-corrected chi connectivity index (χ2v) is 5.66. The van der Waals surface area contributed by atoms with E-state index >= 15 is 0 Å². The molecule has 1 atom stereocenters. The van der Waals surface area contributed by atoms with Crippen molar-refractivity contribution in [2.45, 2.75) is 13.1 Å². The van der Waals surface area contributed by atoms with Gasteiger partial charge in [-0.2, -0.15) is 5.10 Å². The number of morpholine rings is 1. The monoisotopic (exact) mass is 364 g/mol. The van der Waals surface area contributed by atoms with E-state index < -0.39 is 11.5 Å². The number of nitrogens with zero attached hydrogens (tertiary/aromatic N) is 2. The van der Waals surface area contributed by atoms with Crippen molar-refractivity contribution in [2.75, 3.05) is 26.3 Å². The molecule has 1 aliphatic rings. The van der Waals surface area contributed by atoms with Crippen molar-refractivity contribution in [3.63, 3.8) is 0 Å². The Kier molecular flexibility index (Phi) is 6.69.